The number of nitrogens with zero attached hydrogens (tertiary/aromatic N) is 2. The Morgan fingerprint density at radius 1 is 0.950 bits per heavy atom. The number of carbonyl (C=O) groups excluding carboxylic acids is 2. The van der Waals surface area contributed by atoms with Crippen LogP contribution in [0, 0.1) is 0 Å². The average Bonchev–Trinajstić information content (AvgIpc) is 3.26. The Morgan fingerprint density at radius 3 is 2.48 bits per heavy atom. The number of benzene rings is 3. The summed E-state index contributed by atoms with van der Waals surface area (Å²) in [4.78, 5) is 32.5. The van der Waals surface area contributed by atoms with Gasteiger partial charge in [-0.15, -0.1) is 0 Å². The van der Waals surface area contributed by atoms with Gasteiger partial charge >= 0.3 is 5.97 Å². The molecule has 2 unspecified atom stereocenters. The van der Waals surface area contributed by atoms with E-state index in [-0.39, 0.29) is 5.78 Å². The van der Waals surface area contributed by atoms with Gasteiger partial charge in [-0.05, 0) is 75.2 Å². The molecule has 6 rings (SSSR count). The van der Waals surface area contributed by atoms with E-state index in [1.165, 1.54) is 0 Å². The molecule has 4 aromatic rings. The lowest BCUT2D eigenvalue weighted by molar-refractivity contribution is -0.117. The summed E-state index contributed by atoms with van der Waals surface area (Å²) in [5, 5.41) is 3.48. The molecule has 202 valence electrons. The van der Waals surface area contributed by atoms with Crippen molar-refractivity contribution in [2.45, 2.75) is 38.8 Å². The molecular formula is C33H31N3O4. The number of ether oxygens (including phenoxy) is 2. The molecule has 7 heteroatoms. The highest BCUT2D eigenvalue weighted by Gasteiger charge is 2.54. The van der Waals surface area contributed by atoms with Crippen LogP contribution in [0.15, 0.2) is 85.2 Å². The van der Waals surface area contributed by atoms with E-state index in [1.807, 2.05) is 60.7 Å². The highest BCUT2D eigenvalue weighted by molar-refractivity contribution is 5.98. The average molecular weight is 534 g/mol. The Labute approximate surface area is 233 Å². The molecule has 2 aliphatic rings. The molecule has 40 heavy (non-hydrogen) atoms. The quantitative estimate of drug-likeness (QED) is 0.274. The Morgan fingerprint density at radius 2 is 1.73 bits per heavy atom. The van der Waals surface area contributed by atoms with Crippen molar-refractivity contribution in [2.24, 2.45) is 0 Å². The maximum absolute atomic E-state index is 13.4. The lowest BCUT2D eigenvalue weighted by Crippen LogP contribution is -2.36. The monoisotopic (exact) mass is 533 g/mol. The summed E-state index contributed by atoms with van der Waals surface area (Å²) in [6, 6.07) is 22.5. The zero-order valence-corrected chi connectivity index (χ0v) is 22.8. The maximum atomic E-state index is 13.4. The van der Waals surface area contributed by atoms with E-state index in [1.54, 1.807) is 25.4 Å². The first-order valence-corrected chi connectivity index (χ1v) is 13.7. The summed E-state index contributed by atoms with van der Waals surface area (Å²) in [5.41, 5.74) is 4.16. The molecule has 3 heterocycles. The largest absolute Gasteiger partial charge is 0.456 e. The van der Waals surface area contributed by atoms with E-state index < -0.39 is 17.6 Å². The number of rotatable bonds is 8. The van der Waals surface area contributed by atoms with E-state index in [2.05, 4.69) is 35.1 Å². The number of esters is 1. The molecule has 2 aliphatic heterocycles. The summed E-state index contributed by atoms with van der Waals surface area (Å²) < 4.78 is 12.9. The Hall–Kier alpha value is -4.65. The van der Waals surface area contributed by atoms with Crippen molar-refractivity contribution in [3.05, 3.63) is 113 Å². The molecule has 7 nitrogen and oxygen atoms in total. The third-order valence-corrected chi connectivity index (χ3v) is 7.85. The van der Waals surface area contributed by atoms with Gasteiger partial charge in [0.05, 0.1) is 17.2 Å². The number of hydrogen-bond donors (Lipinski definition) is 1. The summed E-state index contributed by atoms with van der Waals surface area (Å²) >= 11 is 0. The van der Waals surface area contributed by atoms with Crippen LogP contribution >= 0.6 is 0 Å². The standard InChI is InChI=1S/C33H31N3O4/c1-4-36(5-2)23-13-14-26-30(20-23)39-29-12-8-11-27(35-28(21(3)37)19-22-15-17-34-18-16-22)31(29)33(26)25-10-7-6-9-24(25)32(38)40-33/h6-18,20,28,35H,4-5,19H2,1-3H3. The molecule has 0 radical (unpaired) electrons. The van der Waals surface area contributed by atoms with Gasteiger partial charge in [0.1, 0.15) is 11.5 Å². The van der Waals surface area contributed by atoms with Crippen molar-refractivity contribution in [3.63, 3.8) is 0 Å². The summed E-state index contributed by atoms with van der Waals surface area (Å²) in [5.74, 6) is 0.813. The number of Topliss-reactive ketones (excluding diaryl/α,β-unsaturated/α-hetero) is 1. The first kappa shape index (κ1) is 25.6. The van der Waals surface area contributed by atoms with Crippen LogP contribution in [0.2, 0.25) is 0 Å². The SMILES string of the molecule is CCN(CC)c1ccc2c(c1)Oc1cccc(NC(Cc3ccncc3)C(C)=O)c1C21OC(=O)c2ccccc21. The molecular weight excluding hydrogens is 502 g/mol. The van der Waals surface area contributed by atoms with Crippen LogP contribution in [-0.4, -0.2) is 35.9 Å². The molecule has 1 N–H and O–H groups in total. The minimum absolute atomic E-state index is 0.00623. The number of hydrogen-bond acceptors (Lipinski definition) is 7. The second-order valence-corrected chi connectivity index (χ2v) is 10.1. The van der Waals surface area contributed by atoms with Crippen molar-refractivity contribution in [2.75, 3.05) is 23.3 Å². The maximum Gasteiger partial charge on any atom is 0.340 e. The highest BCUT2D eigenvalue weighted by atomic mass is 16.6. The fraction of sp³-hybridized carbons (Fsp3) is 0.242. The van der Waals surface area contributed by atoms with Crippen molar-refractivity contribution in [1.82, 2.24) is 4.98 Å². The third-order valence-electron chi connectivity index (χ3n) is 7.85. The van der Waals surface area contributed by atoms with Crippen molar-refractivity contribution in [1.29, 1.82) is 0 Å². The van der Waals surface area contributed by atoms with Crippen LogP contribution in [-0.2, 0) is 21.6 Å². The van der Waals surface area contributed by atoms with Gasteiger partial charge in [-0.1, -0.05) is 24.3 Å². The van der Waals surface area contributed by atoms with E-state index in [9.17, 15) is 9.59 Å². The van der Waals surface area contributed by atoms with Crippen molar-refractivity contribution in [3.8, 4) is 11.5 Å². The van der Waals surface area contributed by atoms with Gasteiger partial charge in [-0.3, -0.25) is 9.78 Å². The topological polar surface area (TPSA) is 80.8 Å². The summed E-state index contributed by atoms with van der Waals surface area (Å²) in [6.07, 6.45) is 3.92. The van der Waals surface area contributed by atoms with Crippen LogP contribution in [0.4, 0.5) is 11.4 Å². The number of fused-ring (bicyclic) bond motifs is 6. The highest BCUT2D eigenvalue weighted by Crippen LogP contribution is 2.58. The fourth-order valence-electron chi connectivity index (χ4n) is 5.87. The first-order chi connectivity index (χ1) is 19.5. The number of ketones is 1. The number of aromatic nitrogens is 1. The second kappa shape index (κ2) is 10.2. The number of nitrogens with one attached hydrogen (secondary N) is 1. The lowest BCUT2D eigenvalue weighted by atomic mass is 9.76. The normalized spacial score (nSPS) is 17.2. The minimum atomic E-state index is -1.24. The predicted octanol–water partition coefficient (Wildman–Crippen LogP) is 6.11. The molecule has 3 aromatic carbocycles. The van der Waals surface area contributed by atoms with E-state index in [4.69, 9.17) is 9.47 Å². The van der Waals surface area contributed by atoms with Crippen LogP contribution in [0.3, 0.4) is 0 Å². The third kappa shape index (κ3) is 4.09. The molecule has 0 amide bonds. The molecule has 0 saturated heterocycles. The Bertz CT molecular complexity index is 1600. The molecule has 1 spiro atoms. The summed E-state index contributed by atoms with van der Waals surface area (Å²) in [6.45, 7) is 7.52. The smallest absolute Gasteiger partial charge is 0.340 e. The number of anilines is 2. The van der Waals surface area contributed by atoms with Gasteiger partial charge in [0.25, 0.3) is 0 Å². The van der Waals surface area contributed by atoms with Crippen LogP contribution < -0.4 is 15.0 Å². The van der Waals surface area contributed by atoms with Gasteiger partial charge in [-0.25, -0.2) is 4.79 Å². The van der Waals surface area contributed by atoms with Crippen LogP contribution in [0.5, 0.6) is 11.5 Å². The van der Waals surface area contributed by atoms with Gasteiger partial charge in [-0.2, -0.15) is 0 Å². The second-order valence-electron chi connectivity index (χ2n) is 10.1. The first-order valence-electron chi connectivity index (χ1n) is 13.7. The van der Waals surface area contributed by atoms with E-state index in [0.29, 0.717) is 34.7 Å². The lowest BCUT2D eigenvalue weighted by Gasteiger charge is -2.39. The zero-order chi connectivity index (χ0) is 27.9. The van der Waals surface area contributed by atoms with Crippen molar-refractivity contribution >= 4 is 23.1 Å². The van der Waals surface area contributed by atoms with Gasteiger partial charge in [0, 0.05) is 54.1 Å². The molecule has 0 aliphatic carbocycles. The summed E-state index contributed by atoms with van der Waals surface area (Å²) in [7, 11) is 0. The van der Waals surface area contributed by atoms with Crippen LogP contribution in [0.25, 0.3) is 0 Å². The number of pyridine rings is 1. The van der Waals surface area contributed by atoms with E-state index >= 15 is 0 Å². The Kier molecular flexibility index (Phi) is 6.50. The minimum Gasteiger partial charge on any atom is -0.456 e. The fourth-order valence-corrected chi connectivity index (χ4v) is 5.87. The predicted molar refractivity (Wildman–Crippen MR) is 154 cm³/mol. The van der Waals surface area contributed by atoms with Crippen LogP contribution in [0.1, 0.15) is 53.4 Å². The van der Waals surface area contributed by atoms with Gasteiger partial charge < -0.3 is 19.7 Å². The van der Waals surface area contributed by atoms with E-state index in [0.717, 1.165) is 35.5 Å². The molecule has 0 saturated carbocycles. The molecule has 0 fully saturated rings. The Balaban J connectivity index is 1.53. The van der Waals surface area contributed by atoms with Gasteiger partial charge in [0.15, 0.2) is 11.4 Å². The molecule has 0 bridgehead atoms. The van der Waals surface area contributed by atoms with Crippen molar-refractivity contribution < 1.29 is 19.1 Å². The zero-order valence-electron chi connectivity index (χ0n) is 22.8. The molecule has 2 atom stereocenters. The van der Waals surface area contributed by atoms with Gasteiger partial charge in [0.2, 0.25) is 0 Å². The molecule has 1 aromatic heterocycles. The number of carbonyl (C=O) groups is 2.